The Hall–Kier alpha value is -1.26. The lowest BCUT2D eigenvalue weighted by Crippen LogP contribution is -2.19. The van der Waals surface area contributed by atoms with Gasteiger partial charge in [0.05, 0.1) is 10.5 Å². The molecule has 0 spiro atoms. The van der Waals surface area contributed by atoms with E-state index in [1.165, 1.54) is 0 Å². The van der Waals surface area contributed by atoms with Crippen LogP contribution in [-0.4, -0.2) is 7.05 Å². The first-order valence-electron chi connectivity index (χ1n) is 6.33. The molecule has 0 fully saturated rings. The SMILES string of the molecule is CNC(c1cc(C)cc(C)c1)c1ccc(F)c(F)c1Br. The minimum absolute atomic E-state index is 0.163. The highest BCUT2D eigenvalue weighted by atomic mass is 79.9. The first-order valence-corrected chi connectivity index (χ1v) is 7.12. The van der Waals surface area contributed by atoms with Gasteiger partial charge in [0, 0.05) is 0 Å². The van der Waals surface area contributed by atoms with Crippen molar-refractivity contribution in [2.24, 2.45) is 0 Å². The summed E-state index contributed by atoms with van der Waals surface area (Å²) in [6.07, 6.45) is 0. The molecule has 0 aliphatic rings. The Bertz CT molecular complexity index is 620. The molecule has 0 radical (unpaired) electrons. The maximum absolute atomic E-state index is 13.7. The molecule has 0 aromatic heterocycles. The maximum atomic E-state index is 13.7. The van der Waals surface area contributed by atoms with Gasteiger partial charge in [0.15, 0.2) is 11.6 Å². The summed E-state index contributed by atoms with van der Waals surface area (Å²) in [5.41, 5.74) is 3.98. The van der Waals surface area contributed by atoms with E-state index in [-0.39, 0.29) is 10.5 Å². The molecular weight excluding hydrogens is 324 g/mol. The van der Waals surface area contributed by atoms with Gasteiger partial charge in [0.2, 0.25) is 0 Å². The summed E-state index contributed by atoms with van der Waals surface area (Å²) in [6.45, 7) is 4.03. The average Bonchev–Trinajstić information content (AvgIpc) is 2.38. The molecule has 4 heteroatoms. The lowest BCUT2D eigenvalue weighted by molar-refractivity contribution is 0.499. The number of hydrogen-bond acceptors (Lipinski definition) is 1. The van der Waals surface area contributed by atoms with E-state index < -0.39 is 11.6 Å². The second-order valence-electron chi connectivity index (χ2n) is 4.91. The van der Waals surface area contributed by atoms with Crippen molar-refractivity contribution in [1.82, 2.24) is 5.32 Å². The molecular formula is C16H16BrF2N. The molecule has 20 heavy (non-hydrogen) atoms. The third-order valence-electron chi connectivity index (χ3n) is 3.24. The molecule has 0 bridgehead atoms. The van der Waals surface area contributed by atoms with E-state index >= 15 is 0 Å². The standard InChI is InChI=1S/C16H16BrF2N/c1-9-6-10(2)8-11(7-9)16(20-3)12-4-5-13(18)15(19)14(12)17/h4-8,16,20H,1-3H3. The minimum Gasteiger partial charge on any atom is -0.309 e. The molecule has 0 aliphatic heterocycles. The van der Waals surface area contributed by atoms with Crippen molar-refractivity contribution in [1.29, 1.82) is 0 Å². The van der Waals surface area contributed by atoms with Gasteiger partial charge in [-0.25, -0.2) is 8.78 Å². The van der Waals surface area contributed by atoms with Crippen LogP contribution in [-0.2, 0) is 0 Å². The van der Waals surface area contributed by atoms with Gasteiger partial charge in [-0.15, -0.1) is 0 Å². The van der Waals surface area contributed by atoms with Crippen molar-refractivity contribution < 1.29 is 8.78 Å². The molecule has 2 aromatic carbocycles. The number of aryl methyl sites for hydroxylation is 2. The van der Waals surface area contributed by atoms with Crippen molar-refractivity contribution in [3.05, 3.63) is 68.7 Å². The van der Waals surface area contributed by atoms with Gasteiger partial charge < -0.3 is 5.32 Å². The summed E-state index contributed by atoms with van der Waals surface area (Å²) in [5.74, 6) is -1.71. The molecule has 0 amide bonds. The van der Waals surface area contributed by atoms with Gasteiger partial charge >= 0.3 is 0 Å². The highest BCUT2D eigenvalue weighted by Crippen LogP contribution is 2.32. The van der Waals surface area contributed by atoms with Gasteiger partial charge in [-0.05, 0) is 54.0 Å². The third-order valence-corrected chi connectivity index (χ3v) is 4.05. The molecule has 0 saturated carbocycles. The fourth-order valence-corrected chi connectivity index (χ4v) is 2.99. The highest BCUT2D eigenvalue weighted by molar-refractivity contribution is 9.10. The van der Waals surface area contributed by atoms with Crippen LogP contribution < -0.4 is 5.32 Å². The molecule has 1 nitrogen and oxygen atoms in total. The van der Waals surface area contributed by atoms with Crippen molar-refractivity contribution in [3.8, 4) is 0 Å². The zero-order chi connectivity index (χ0) is 14.9. The van der Waals surface area contributed by atoms with E-state index in [2.05, 4.69) is 27.3 Å². The first kappa shape index (κ1) is 15.1. The Morgan fingerprint density at radius 1 is 1.05 bits per heavy atom. The second kappa shape index (κ2) is 6.02. The number of nitrogens with one attached hydrogen (secondary N) is 1. The minimum atomic E-state index is -0.855. The summed E-state index contributed by atoms with van der Waals surface area (Å²) < 4.78 is 27.1. The molecule has 0 saturated heterocycles. The Morgan fingerprint density at radius 3 is 2.20 bits per heavy atom. The van der Waals surface area contributed by atoms with Crippen LogP contribution in [0.25, 0.3) is 0 Å². The lowest BCUT2D eigenvalue weighted by Gasteiger charge is -2.20. The molecule has 1 unspecified atom stereocenters. The molecule has 0 aliphatic carbocycles. The van der Waals surface area contributed by atoms with Crippen LogP contribution >= 0.6 is 15.9 Å². The van der Waals surface area contributed by atoms with Crippen LogP contribution in [0.2, 0.25) is 0 Å². The summed E-state index contributed by atoms with van der Waals surface area (Å²) >= 11 is 3.15. The van der Waals surface area contributed by atoms with E-state index in [0.29, 0.717) is 5.56 Å². The largest absolute Gasteiger partial charge is 0.309 e. The fraction of sp³-hybridized carbons (Fsp3) is 0.250. The smallest absolute Gasteiger partial charge is 0.173 e. The second-order valence-corrected chi connectivity index (χ2v) is 5.70. The zero-order valence-electron chi connectivity index (χ0n) is 11.6. The van der Waals surface area contributed by atoms with E-state index in [1.807, 2.05) is 26.0 Å². The Labute approximate surface area is 126 Å². The quantitative estimate of drug-likeness (QED) is 0.802. The average molecular weight is 340 g/mol. The predicted molar refractivity (Wildman–Crippen MR) is 80.9 cm³/mol. The van der Waals surface area contributed by atoms with Crippen LogP contribution in [0.15, 0.2) is 34.8 Å². The molecule has 1 atom stereocenters. The van der Waals surface area contributed by atoms with Crippen LogP contribution in [0.5, 0.6) is 0 Å². The van der Waals surface area contributed by atoms with Crippen LogP contribution in [0.4, 0.5) is 8.78 Å². The van der Waals surface area contributed by atoms with Gasteiger partial charge in [0.1, 0.15) is 0 Å². The topological polar surface area (TPSA) is 12.0 Å². The number of hydrogen-bond donors (Lipinski definition) is 1. The van der Waals surface area contributed by atoms with E-state index in [1.54, 1.807) is 13.1 Å². The Balaban J connectivity index is 2.55. The predicted octanol–water partition coefficient (Wildman–Crippen LogP) is 4.65. The lowest BCUT2D eigenvalue weighted by atomic mass is 9.95. The number of halogens is 3. The summed E-state index contributed by atoms with van der Waals surface area (Å²) in [5, 5.41) is 3.16. The van der Waals surface area contributed by atoms with E-state index in [9.17, 15) is 8.78 Å². The van der Waals surface area contributed by atoms with Crippen molar-refractivity contribution in [3.63, 3.8) is 0 Å². The van der Waals surface area contributed by atoms with Crippen LogP contribution in [0, 0.1) is 25.5 Å². The number of benzene rings is 2. The van der Waals surface area contributed by atoms with Gasteiger partial charge in [-0.3, -0.25) is 0 Å². The molecule has 106 valence electrons. The fourth-order valence-electron chi connectivity index (χ4n) is 2.44. The first-order chi connectivity index (χ1) is 9.43. The Morgan fingerprint density at radius 2 is 1.65 bits per heavy atom. The van der Waals surface area contributed by atoms with Crippen molar-refractivity contribution >= 4 is 15.9 Å². The zero-order valence-corrected chi connectivity index (χ0v) is 13.2. The number of rotatable bonds is 3. The Kier molecular flexibility index (Phi) is 4.55. The summed E-state index contributed by atoms with van der Waals surface area (Å²) in [4.78, 5) is 0. The van der Waals surface area contributed by atoms with Crippen LogP contribution in [0.1, 0.15) is 28.3 Å². The molecule has 2 rings (SSSR count). The van der Waals surface area contributed by atoms with Crippen molar-refractivity contribution in [2.45, 2.75) is 19.9 Å². The molecule has 2 aromatic rings. The van der Waals surface area contributed by atoms with E-state index in [0.717, 1.165) is 22.8 Å². The van der Waals surface area contributed by atoms with Gasteiger partial charge in [0.25, 0.3) is 0 Å². The van der Waals surface area contributed by atoms with E-state index in [4.69, 9.17) is 0 Å². The normalized spacial score (nSPS) is 12.5. The summed E-state index contributed by atoms with van der Waals surface area (Å²) in [7, 11) is 1.80. The summed E-state index contributed by atoms with van der Waals surface area (Å²) in [6, 6.07) is 8.72. The monoisotopic (exact) mass is 339 g/mol. The van der Waals surface area contributed by atoms with Crippen molar-refractivity contribution in [2.75, 3.05) is 7.05 Å². The van der Waals surface area contributed by atoms with Gasteiger partial charge in [-0.1, -0.05) is 35.4 Å². The van der Waals surface area contributed by atoms with Crippen LogP contribution in [0.3, 0.4) is 0 Å². The highest BCUT2D eigenvalue weighted by Gasteiger charge is 2.19. The van der Waals surface area contributed by atoms with Gasteiger partial charge in [-0.2, -0.15) is 0 Å². The molecule has 1 N–H and O–H groups in total. The molecule has 0 heterocycles. The maximum Gasteiger partial charge on any atom is 0.173 e. The third kappa shape index (κ3) is 2.91.